The standard InChI is InChI=1S/C11H24N2O2/c1-7-11(5,15-6)9(14)13-10(3,4)8(2)12/h8H,7,12H2,1-6H3,(H,13,14). The van der Waals surface area contributed by atoms with Crippen LogP contribution in [-0.2, 0) is 9.53 Å². The van der Waals surface area contributed by atoms with Crippen molar-refractivity contribution in [1.82, 2.24) is 5.32 Å². The molecule has 0 aromatic rings. The first-order chi connectivity index (χ1) is 6.69. The highest BCUT2D eigenvalue weighted by Crippen LogP contribution is 2.16. The van der Waals surface area contributed by atoms with Gasteiger partial charge in [-0.3, -0.25) is 4.79 Å². The van der Waals surface area contributed by atoms with Crippen LogP contribution in [0.4, 0.5) is 0 Å². The predicted molar refractivity (Wildman–Crippen MR) is 61.6 cm³/mol. The Labute approximate surface area is 92.6 Å². The molecule has 0 saturated carbocycles. The topological polar surface area (TPSA) is 64.3 Å². The number of carbonyl (C=O) groups is 1. The van der Waals surface area contributed by atoms with Crippen molar-refractivity contribution in [2.75, 3.05) is 7.11 Å². The Morgan fingerprint density at radius 3 is 2.20 bits per heavy atom. The van der Waals surface area contributed by atoms with Crippen LogP contribution in [0, 0.1) is 0 Å². The number of ether oxygens (including phenoxy) is 1. The highest BCUT2D eigenvalue weighted by Gasteiger charge is 2.35. The summed E-state index contributed by atoms with van der Waals surface area (Å²) in [6, 6.07) is -0.112. The van der Waals surface area contributed by atoms with Gasteiger partial charge in [0.15, 0.2) is 0 Å². The maximum atomic E-state index is 12.0. The molecular formula is C11H24N2O2. The third kappa shape index (κ3) is 3.47. The van der Waals surface area contributed by atoms with E-state index in [1.165, 1.54) is 0 Å². The molecule has 0 aromatic carbocycles. The van der Waals surface area contributed by atoms with Crippen LogP contribution in [-0.4, -0.2) is 30.2 Å². The normalized spacial score (nSPS) is 18.1. The lowest BCUT2D eigenvalue weighted by Crippen LogP contribution is -2.59. The van der Waals surface area contributed by atoms with Crippen LogP contribution in [0.5, 0.6) is 0 Å². The average molecular weight is 216 g/mol. The minimum Gasteiger partial charge on any atom is -0.369 e. The van der Waals surface area contributed by atoms with E-state index in [1.54, 1.807) is 14.0 Å². The zero-order valence-corrected chi connectivity index (χ0v) is 10.7. The van der Waals surface area contributed by atoms with Gasteiger partial charge in [-0.05, 0) is 34.1 Å². The van der Waals surface area contributed by atoms with E-state index in [1.807, 2.05) is 27.7 Å². The molecular weight excluding hydrogens is 192 g/mol. The summed E-state index contributed by atoms with van der Waals surface area (Å²) in [6.07, 6.45) is 0.629. The van der Waals surface area contributed by atoms with Crippen LogP contribution in [0.1, 0.15) is 41.0 Å². The first-order valence-corrected chi connectivity index (χ1v) is 5.33. The van der Waals surface area contributed by atoms with Gasteiger partial charge in [0.1, 0.15) is 5.60 Å². The fourth-order valence-corrected chi connectivity index (χ4v) is 0.936. The summed E-state index contributed by atoms with van der Waals surface area (Å²) in [4.78, 5) is 12.0. The summed E-state index contributed by atoms with van der Waals surface area (Å²) in [5.74, 6) is -0.116. The van der Waals surface area contributed by atoms with Gasteiger partial charge in [0.25, 0.3) is 5.91 Å². The van der Waals surface area contributed by atoms with E-state index < -0.39 is 11.1 Å². The van der Waals surface area contributed by atoms with Gasteiger partial charge in [0.2, 0.25) is 0 Å². The van der Waals surface area contributed by atoms with E-state index in [0.29, 0.717) is 6.42 Å². The Kier molecular flexibility index (Phi) is 4.74. The monoisotopic (exact) mass is 216 g/mol. The molecule has 0 aliphatic heterocycles. The quantitative estimate of drug-likeness (QED) is 0.722. The fourth-order valence-electron chi connectivity index (χ4n) is 0.936. The molecule has 0 bridgehead atoms. The molecule has 2 unspecified atom stereocenters. The summed E-state index contributed by atoms with van der Waals surface area (Å²) in [7, 11) is 1.54. The Balaban J connectivity index is 4.62. The molecule has 0 fully saturated rings. The SMILES string of the molecule is CCC(C)(OC)C(=O)NC(C)(C)C(C)N. The van der Waals surface area contributed by atoms with Crippen LogP contribution >= 0.6 is 0 Å². The van der Waals surface area contributed by atoms with Gasteiger partial charge >= 0.3 is 0 Å². The van der Waals surface area contributed by atoms with E-state index in [2.05, 4.69) is 5.32 Å². The van der Waals surface area contributed by atoms with Crippen molar-refractivity contribution in [3.05, 3.63) is 0 Å². The van der Waals surface area contributed by atoms with Crippen molar-refractivity contribution in [2.45, 2.75) is 58.2 Å². The Bertz CT molecular complexity index is 221. The van der Waals surface area contributed by atoms with Crippen LogP contribution < -0.4 is 11.1 Å². The van der Waals surface area contributed by atoms with E-state index in [-0.39, 0.29) is 11.9 Å². The average Bonchev–Trinajstić information content (AvgIpc) is 2.15. The molecule has 0 heterocycles. The minimum atomic E-state index is -0.772. The van der Waals surface area contributed by atoms with Crippen molar-refractivity contribution in [3.63, 3.8) is 0 Å². The van der Waals surface area contributed by atoms with E-state index in [0.717, 1.165) is 0 Å². The number of hydrogen-bond acceptors (Lipinski definition) is 3. The second kappa shape index (κ2) is 4.94. The van der Waals surface area contributed by atoms with Crippen molar-refractivity contribution in [3.8, 4) is 0 Å². The number of rotatable bonds is 5. The molecule has 0 rings (SSSR count). The number of carbonyl (C=O) groups excluding carboxylic acids is 1. The van der Waals surface area contributed by atoms with Gasteiger partial charge in [-0.2, -0.15) is 0 Å². The van der Waals surface area contributed by atoms with Crippen molar-refractivity contribution in [2.24, 2.45) is 5.73 Å². The molecule has 0 aliphatic carbocycles. The summed E-state index contributed by atoms with van der Waals surface area (Å²) in [5, 5.41) is 2.91. The molecule has 1 amide bonds. The largest absolute Gasteiger partial charge is 0.369 e. The second-order valence-electron chi connectivity index (χ2n) is 4.75. The molecule has 2 atom stereocenters. The Hall–Kier alpha value is -0.610. The maximum Gasteiger partial charge on any atom is 0.252 e. The van der Waals surface area contributed by atoms with Gasteiger partial charge in [-0.1, -0.05) is 6.92 Å². The molecule has 0 radical (unpaired) electrons. The summed E-state index contributed by atoms with van der Waals surface area (Å²) in [6.45, 7) is 9.38. The van der Waals surface area contributed by atoms with Crippen molar-refractivity contribution in [1.29, 1.82) is 0 Å². The number of amides is 1. The van der Waals surface area contributed by atoms with Gasteiger partial charge in [-0.25, -0.2) is 0 Å². The molecule has 90 valence electrons. The lowest BCUT2D eigenvalue weighted by Gasteiger charge is -2.35. The predicted octanol–water partition coefficient (Wildman–Crippen LogP) is 1.04. The number of methoxy groups -OCH3 is 1. The van der Waals surface area contributed by atoms with Crippen molar-refractivity contribution >= 4 is 5.91 Å². The third-order valence-corrected chi connectivity index (χ3v) is 3.18. The molecule has 0 saturated heterocycles. The van der Waals surface area contributed by atoms with Gasteiger partial charge in [-0.15, -0.1) is 0 Å². The van der Waals surface area contributed by atoms with E-state index in [9.17, 15) is 4.79 Å². The van der Waals surface area contributed by atoms with Crippen LogP contribution in [0.15, 0.2) is 0 Å². The lowest BCUT2D eigenvalue weighted by atomic mass is 9.94. The molecule has 3 N–H and O–H groups in total. The Morgan fingerprint density at radius 1 is 1.47 bits per heavy atom. The first kappa shape index (κ1) is 14.4. The molecule has 4 heteroatoms. The smallest absolute Gasteiger partial charge is 0.252 e. The first-order valence-electron chi connectivity index (χ1n) is 5.33. The van der Waals surface area contributed by atoms with Gasteiger partial charge in [0.05, 0.1) is 0 Å². The van der Waals surface area contributed by atoms with Crippen LogP contribution in [0.3, 0.4) is 0 Å². The molecule has 15 heavy (non-hydrogen) atoms. The molecule has 0 spiro atoms. The number of nitrogens with one attached hydrogen (secondary N) is 1. The number of nitrogens with two attached hydrogens (primary N) is 1. The van der Waals surface area contributed by atoms with E-state index in [4.69, 9.17) is 10.5 Å². The fraction of sp³-hybridized carbons (Fsp3) is 0.909. The molecule has 4 nitrogen and oxygen atoms in total. The second-order valence-corrected chi connectivity index (χ2v) is 4.75. The zero-order chi connectivity index (χ0) is 12.3. The summed E-state index contributed by atoms with van der Waals surface area (Å²) >= 11 is 0. The highest BCUT2D eigenvalue weighted by atomic mass is 16.5. The number of hydrogen-bond donors (Lipinski definition) is 2. The Morgan fingerprint density at radius 2 is 1.93 bits per heavy atom. The molecule has 0 aromatic heterocycles. The highest BCUT2D eigenvalue weighted by molar-refractivity contribution is 5.85. The van der Waals surface area contributed by atoms with Crippen molar-refractivity contribution < 1.29 is 9.53 Å². The molecule has 0 aliphatic rings. The van der Waals surface area contributed by atoms with Gasteiger partial charge < -0.3 is 15.8 Å². The van der Waals surface area contributed by atoms with Crippen LogP contribution in [0.2, 0.25) is 0 Å². The minimum absolute atomic E-state index is 0.112. The third-order valence-electron chi connectivity index (χ3n) is 3.18. The maximum absolute atomic E-state index is 12.0. The van der Waals surface area contributed by atoms with Gasteiger partial charge in [0, 0.05) is 18.7 Å². The van der Waals surface area contributed by atoms with E-state index >= 15 is 0 Å². The zero-order valence-electron chi connectivity index (χ0n) is 10.7. The lowest BCUT2D eigenvalue weighted by molar-refractivity contribution is -0.143. The summed E-state index contributed by atoms with van der Waals surface area (Å²) in [5.41, 5.74) is 4.59. The summed E-state index contributed by atoms with van der Waals surface area (Å²) < 4.78 is 5.22. The van der Waals surface area contributed by atoms with Crippen LogP contribution in [0.25, 0.3) is 0 Å².